The molecule has 1 atom stereocenters. The van der Waals surface area contributed by atoms with Gasteiger partial charge in [0.2, 0.25) is 0 Å². The molecular weight excluding hydrogens is 186 g/mol. The van der Waals surface area contributed by atoms with E-state index in [1.54, 1.807) is 0 Å². The van der Waals surface area contributed by atoms with Crippen molar-refractivity contribution in [2.24, 2.45) is 5.73 Å². The van der Waals surface area contributed by atoms with Crippen molar-refractivity contribution >= 4 is 5.82 Å². The second-order valence-corrected chi connectivity index (χ2v) is 4.69. The van der Waals surface area contributed by atoms with Gasteiger partial charge in [-0.3, -0.25) is 0 Å². The Kier molecular flexibility index (Phi) is 2.13. The Balaban J connectivity index is 1.81. The van der Waals surface area contributed by atoms with Crippen molar-refractivity contribution in [1.82, 2.24) is 4.98 Å². The van der Waals surface area contributed by atoms with E-state index in [9.17, 15) is 0 Å². The molecule has 0 radical (unpaired) electrons. The van der Waals surface area contributed by atoms with Gasteiger partial charge < -0.3 is 10.6 Å². The predicted octanol–water partition coefficient (Wildman–Crippen LogP) is 1.50. The molecule has 0 amide bonds. The highest BCUT2D eigenvalue weighted by Crippen LogP contribution is 2.39. The first-order valence-corrected chi connectivity index (χ1v) is 5.80. The molecule has 2 aliphatic rings. The Hall–Kier alpha value is -1.09. The SMILES string of the molecule is NC1CCN(c2cccc(C3CC3)n2)C1. The van der Waals surface area contributed by atoms with Gasteiger partial charge in [0.25, 0.3) is 0 Å². The highest BCUT2D eigenvalue weighted by molar-refractivity contribution is 5.41. The third-order valence-electron chi connectivity index (χ3n) is 3.30. The molecule has 15 heavy (non-hydrogen) atoms. The van der Waals surface area contributed by atoms with E-state index in [0.29, 0.717) is 6.04 Å². The van der Waals surface area contributed by atoms with Gasteiger partial charge in [-0.25, -0.2) is 4.98 Å². The number of nitrogens with zero attached hydrogens (tertiary/aromatic N) is 2. The van der Waals surface area contributed by atoms with Gasteiger partial charge in [0.1, 0.15) is 5.82 Å². The number of anilines is 1. The number of hydrogen-bond acceptors (Lipinski definition) is 3. The van der Waals surface area contributed by atoms with E-state index in [1.807, 2.05) is 0 Å². The highest BCUT2D eigenvalue weighted by atomic mass is 15.2. The Bertz CT molecular complexity index is 360. The van der Waals surface area contributed by atoms with Crippen LogP contribution >= 0.6 is 0 Å². The van der Waals surface area contributed by atoms with Gasteiger partial charge in [0, 0.05) is 30.7 Å². The summed E-state index contributed by atoms with van der Waals surface area (Å²) in [5, 5.41) is 0. The molecule has 1 unspecified atom stereocenters. The zero-order valence-electron chi connectivity index (χ0n) is 8.89. The topological polar surface area (TPSA) is 42.1 Å². The van der Waals surface area contributed by atoms with Gasteiger partial charge in [-0.05, 0) is 31.4 Å². The van der Waals surface area contributed by atoms with Crippen molar-refractivity contribution < 1.29 is 0 Å². The highest BCUT2D eigenvalue weighted by Gasteiger charge is 2.26. The summed E-state index contributed by atoms with van der Waals surface area (Å²) in [5.74, 6) is 1.86. The van der Waals surface area contributed by atoms with E-state index in [2.05, 4.69) is 23.1 Å². The van der Waals surface area contributed by atoms with Gasteiger partial charge in [0.15, 0.2) is 0 Å². The maximum Gasteiger partial charge on any atom is 0.128 e. The lowest BCUT2D eigenvalue weighted by Crippen LogP contribution is -2.26. The van der Waals surface area contributed by atoms with E-state index in [4.69, 9.17) is 10.7 Å². The summed E-state index contributed by atoms with van der Waals surface area (Å²) >= 11 is 0. The van der Waals surface area contributed by atoms with Crippen LogP contribution in [0.2, 0.25) is 0 Å². The van der Waals surface area contributed by atoms with E-state index in [0.717, 1.165) is 31.2 Å². The molecule has 80 valence electrons. The molecule has 1 aliphatic heterocycles. The van der Waals surface area contributed by atoms with Crippen LogP contribution in [0.4, 0.5) is 5.82 Å². The first-order valence-electron chi connectivity index (χ1n) is 5.80. The fourth-order valence-corrected chi connectivity index (χ4v) is 2.22. The summed E-state index contributed by atoms with van der Waals surface area (Å²) in [6, 6.07) is 6.71. The van der Waals surface area contributed by atoms with Crippen molar-refractivity contribution in [3.05, 3.63) is 23.9 Å². The van der Waals surface area contributed by atoms with Gasteiger partial charge in [-0.15, -0.1) is 0 Å². The van der Waals surface area contributed by atoms with Crippen molar-refractivity contribution in [3.63, 3.8) is 0 Å². The molecule has 3 nitrogen and oxygen atoms in total. The Morgan fingerprint density at radius 3 is 2.80 bits per heavy atom. The Morgan fingerprint density at radius 1 is 1.27 bits per heavy atom. The average Bonchev–Trinajstić information content (AvgIpc) is 3.02. The monoisotopic (exact) mass is 203 g/mol. The van der Waals surface area contributed by atoms with E-state index in [1.165, 1.54) is 18.5 Å². The maximum atomic E-state index is 5.90. The van der Waals surface area contributed by atoms with Crippen LogP contribution in [0.1, 0.15) is 30.9 Å². The molecule has 1 saturated heterocycles. The third kappa shape index (κ3) is 1.84. The van der Waals surface area contributed by atoms with Crippen LogP contribution in [0.3, 0.4) is 0 Å². The van der Waals surface area contributed by atoms with Crippen molar-refractivity contribution in [3.8, 4) is 0 Å². The quantitative estimate of drug-likeness (QED) is 0.792. The van der Waals surface area contributed by atoms with Crippen LogP contribution in [-0.2, 0) is 0 Å². The second-order valence-electron chi connectivity index (χ2n) is 4.69. The molecule has 1 saturated carbocycles. The minimum absolute atomic E-state index is 0.330. The normalized spacial score (nSPS) is 25.9. The second kappa shape index (κ2) is 3.49. The average molecular weight is 203 g/mol. The molecule has 2 heterocycles. The van der Waals surface area contributed by atoms with Crippen molar-refractivity contribution in [2.75, 3.05) is 18.0 Å². The Morgan fingerprint density at radius 2 is 2.13 bits per heavy atom. The zero-order valence-corrected chi connectivity index (χ0v) is 8.89. The smallest absolute Gasteiger partial charge is 0.128 e. The standard InChI is InChI=1S/C12H17N3/c13-10-6-7-15(8-10)12-3-1-2-11(14-12)9-4-5-9/h1-3,9-10H,4-8,13H2. The predicted molar refractivity (Wildman–Crippen MR) is 61.0 cm³/mol. The number of pyridine rings is 1. The van der Waals surface area contributed by atoms with Crippen molar-refractivity contribution in [2.45, 2.75) is 31.2 Å². The van der Waals surface area contributed by atoms with Crippen LogP contribution in [-0.4, -0.2) is 24.1 Å². The van der Waals surface area contributed by atoms with Crippen molar-refractivity contribution in [1.29, 1.82) is 0 Å². The lowest BCUT2D eigenvalue weighted by atomic mass is 10.2. The summed E-state index contributed by atoms with van der Waals surface area (Å²) in [6.07, 6.45) is 3.72. The molecule has 2 N–H and O–H groups in total. The van der Waals surface area contributed by atoms with E-state index >= 15 is 0 Å². The molecule has 0 bridgehead atoms. The summed E-state index contributed by atoms with van der Waals surface area (Å²) in [5.41, 5.74) is 7.17. The van der Waals surface area contributed by atoms with Crippen LogP contribution in [0, 0.1) is 0 Å². The van der Waals surface area contributed by atoms with E-state index in [-0.39, 0.29) is 0 Å². The van der Waals surface area contributed by atoms with Crippen LogP contribution < -0.4 is 10.6 Å². The minimum Gasteiger partial charge on any atom is -0.355 e. The summed E-state index contributed by atoms with van der Waals surface area (Å²) in [4.78, 5) is 7.02. The minimum atomic E-state index is 0.330. The number of rotatable bonds is 2. The Labute approximate surface area is 90.3 Å². The molecule has 3 rings (SSSR count). The van der Waals surface area contributed by atoms with Gasteiger partial charge in [-0.2, -0.15) is 0 Å². The lowest BCUT2D eigenvalue weighted by molar-refractivity contribution is 0.751. The fraction of sp³-hybridized carbons (Fsp3) is 0.583. The largest absolute Gasteiger partial charge is 0.355 e. The maximum absolute atomic E-state index is 5.90. The fourth-order valence-electron chi connectivity index (χ4n) is 2.22. The molecular formula is C12H17N3. The molecule has 2 fully saturated rings. The zero-order chi connectivity index (χ0) is 10.3. The molecule has 1 aliphatic carbocycles. The van der Waals surface area contributed by atoms with Crippen LogP contribution in [0.25, 0.3) is 0 Å². The first kappa shape index (κ1) is 9.16. The molecule has 1 aromatic heterocycles. The lowest BCUT2D eigenvalue weighted by Gasteiger charge is -2.17. The molecule has 1 aromatic rings. The van der Waals surface area contributed by atoms with Crippen LogP contribution in [0.5, 0.6) is 0 Å². The molecule has 0 aromatic carbocycles. The first-order chi connectivity index (χ1) is 7.33. The van der Waals surface area contributed by atoms with Gasteiger partial charge in [-0.1, -0.05) is 6.07 Å². The third-order valence-corrected chi connectivity index (χ3v) is 3.30. The van der Waals surface area contributed by atoms with Gasteiger partial charge in [0.05, 0.1) is 0 Å². The number of nitrogens with two attached hydrogens (primary N) is 1. The molecule has 0 spiro atoms. The summed E-state index contributed by atoms with van der Waals surface area (Å²) < 4.78 is 0. The number of aromatic nitrogens is 1. The van der Waals surface area contributed by atoms with E-state index < -0.39 is 0 Å². The summed E-state index contributed by atoms with van der Waals surface area (Å²) in [7, 11) is 0. The van der Waals surface area contributed by atoms with Crippen LogP contribution in [0.15, 0.2) is 18.2 Å². The molecule has 3 heteroatoms. The number of hydrogen-bond donors (Lipinski definition) is 1. The summed E-state index contributed by atoms with van der Waals surface area (Å²) in [6.45, 7) is 2.02. The van der Waals surface area contributed by atoms with Gasteiger partial charge >= 0.3 is 0 Å².